The lowest BCUT2D eigenvalue weighted by Gasteiger charge is -2.26. The number of carbonyl (C=O) groups excluding carboxylic acids is 4. The summed E-state index contributed by atoms with van der Waals surface area (Å²) in [7, 11) is 0. The molecule has 188 valence electrons. The maximum atomic E-state index is 13.2. The van der Waals surface area contributed by atoms with Crippen molar-refractivity contribution < 1.29 is 28.7 Å². The third-order valence-corrected chi connectivity index (χ3v) is 6.74. The second-order valence-corrected chi connectivity index (χ2v) is 9.50. The number of benzene rings is 3. The molecule has 4 rings (SSSR count). The number of nitrogens with one attached hydrogen (secondary N) is 1. The van der Waals surface area contributed by atoms with E-state index >= 15 is 0 Å². The molecule has 1 aliphatic rings. The Morgan fingerprint density at radius 2 is 1.70 bits per heavy atom. The van der Waals surface area contributed by atoms with Gasteiger partial charge < -0.3 is 9.47 Å². The van der Waals surface area contributed by atoms with Crippen LogP contribution in [0.25, 0.3) is 6.08 Å². The van der Waals surface area contributed by atoms with E-state index in [2.05, 4.69) is 37.2 Å². The molecule has 10 heteroatoms. The number of ether oxygens (including phenoxy) is 2. The van der Waals surface area contributed by atoms with Crippen molar-refractivity contribution in [2.75, 3.05) is 11.5 Å². The van der Waals surface area contributed by atoms with Gasteiger partial charge in [0.05, 0.1) is 22.3 Å². The van der Waals surface area contributed by atoms with Crippen LogP contribution in [0.4, 0.5) is 10.5 Å². The first kappa shape index (κ1) is 26.3. The van der Waals surface area contributed by atoms with Crippen molar-refractivity contribution in [2.24, 2.45) is 0 Å². The molecule has 0 aliphatic carbocycles. The molecule has 3 aromatic rings. The van der Waals surface area contributed by atoms with E-state index in [1.807, 2.05) is 24.3 Å². The number of hydrogen-bond acceptors (Lipinski definition) is 6. The maximum Gasteiger partial charge on any atom is 0.338 e. The van der Waals surface area contributed by atoms with Crippen molar-refractivity contribution >= 4 is 67.4 Å². The molecule has 1 heterocycles. The van der Waals surface area contributed by atoms with Crippen LogP contribution < -0.4 is 15.0 Å². The molecule has 1 aliphatic heterocycles. The van der Waals surface area contributed by atoms with Gasteiger partial charge in [0.15, 0.2) is 0 Å². The van der Waals surface area contributed by atoms with E-state index in [1.165, 1.54) is 30.3 Å². The SMILES string of the molecule is CCOC(=O)c1ccc(N2C(=O)NC(=O)/C(=C\c3ccc(OCc4ccccc4Br)c(Br)c3)C2=O)cc1. The highest BCUT2D eigenvalue weighted by atomic mass is 79.9. The number of carbonyl (C=O) groups is 4. The molecule has 1 saturated heterocycles. The molecule has 0 bridgehead atoms. The van der Waals surface area contributed by atoms with Crippen molar-refractivity contribution in [3.05, 3.63) is 97.9 Å². The van der Waals surface area contributed by atoms with Gasteiger partial charge in [0.25, 0.3) is 11.8 Å². The van der Waals surface area contributed by atoms with Gasteiger partial charge in [-0.1, -0.05) is 40.2 Å². The molecule has 0 radical (unpaired) electrons. The van der Waals surface area contributed by atoms with E-state index in [-0.39, 0.29) is 23.4 Å². The number of anilines is 1. The van der Waals surface area contributed by atoms with Gasteiger partial charge in [-0.05, 0) is 77.0 Å². The number of hydrogen-bond donors (Lipinski definition) is 1. The number of imide groups is 2. The summed E-state index contributed by atoms with van der Waals surface area (Å²) in [6.07, 6.45) is 1.40. The van der Waals surface area contributed by atoms with E-state index in [9.17, 15) is 19.2 Å². The van der Waals surface area contributed by atoms with Crippen molar-refractivity contribution in [3.63, 3.8) is 0 Å². The molecule has 0 saturated carbocycles. The van der Waals surface area contributed by atoms with Crippen LogP contribution in [0.3, 0.4) is 0 Å². The minimum Gasteiger partial charge on any atom is -0.488 e. The fraction of sp³-hybridized carbons (Fsp3) is 0.111. The predicted molar refractivity (Wildman–Crippen MR) is 144 cm³/mol. The first-order valence-electron chi connectivity index (χ1n) is 11.1. The molecule has 37 heavy (non-hydrogen) atoms. The van der Waals surface area contributed by atoms with Crippen LogP contribution >= 0.6 is 31.9 Å². The van der Waals surface area contributed by atoms with Gasteiger partial charge in [-0.15, -0.1) is 0 Å². The normalized spacial score (nSPS) is 14.5. The minimum atomic E-state index is -0.881. The Morgan fingerprint density at radius 3 is 2.38 bits per heavy atom. The molecule has 1 fully saturated rings. The third kappa shape index (κ3) is 5.98. The predicted octanol–water partition coefficient (Wildman–Crippen LogP) is 5.63. The molecule has 1 N–H and O–H groups in total. The molecule has 0 aromatic heterocycles. The van der Waals surface area contributed by atoms with E-state index in [1.54, 1.807) is 25.1 Å². The van der Waals surface area contributed by atoms with Crippen molar-refractivity contribution in [2.45, 2.75) is 13.5 Å². The Balaban J connectivity index is 1.54. The number of esters is 1. The molecular formula is C27H20Br2N2O6. The second kappa shape index (κ2) is 11.5. The van der Waals surface area contributed by atoms with Crippen LogP contribution in [0, 0.1) is 0 Å². The summed E-state index contributed by atoms with van der Waals surface area (Å²) in [6.45, 7) is 2.25. The summed E-state index contributed by atoms with van der Waals surface area (Å²) < 4.78 is 12.4. The van der Waals surface area contributed by atoms with Gasteiger partial charge in [0.1, 0.15) is 17.9 Å². The minimum absolute atomic E-state index is 0.200. The average molecular weight is 628 g/mol. The highest BCUT2D eigenvalue weighted by molar-refractivity contribution is 9.10. The van der Waals surface area contributed by atoms with Crippen molar-refractivity contribution in [3.8, 4) is 5.75 Å². The van der Waals surface area contributed by atoms with Crippen LogP contribution in [0.15, 0.2) is 81.2 Å². The van der Waals surface area contributed by atoms with Crippen LogP contribution in [0.5, 0.6) is 5.75 Å². The van der Waals surface area contributed by atoms with Gasteiger partial charge in [0.2, 0.25) is 0 Å². The Morgan fingerprint density at radius 1 is 0.973 bits per heavy atom. The number of barbiturate groups is 1. The zero-order valence-electron chi connectivity index (χ0n) is 19.5. The Labute approximate surface area is 229 Å². The summed E-state index contributed by atoms with van der Waals surface area (Å²) in [4.78, 5) is 50.9. The second-order valence-electron chi connectivity index (χ2n) is 7.80. The van der Waals surface area contributed by atoms with Gasteiger partial charge in [0, 0.05) is 10.0 Å². The van der Waals surface area contributed by atoms with Crippen LogP contribution in [-0.2, 0) is 20.9 Å². The van der Waals surface area contributed by atoms with Gasteiger partial charge in [-0.3, -0.25) is 14.9 Å². The first-order chi connectivity index (χ1) is 17.8. The Hall–Kier alpha value is -3.76. The van der Waals surface area contributed by atoms with Gasteiger partial charge >= 0.3 is 12.0 Å². The van der Waals surface area contributed by atoms with Crippen LogP contribution in [0.2, 0.25) is 0 Å². The van der Waals surface area contributed by atoms with Gasteiger partial charge in [-0.2, -0.15) is 0 Å². The van der Waals surface area contributed by atoms with Crippen LogP contribution in [-0.4, -0.2) is 30.4 Å². The maximum absolute atomic E-state index is 13.2. The molecule has 0 unspecified atom stereocenters. The highest BCUT2D eigenvalue weighted by Crippen LogP contribution is 2.29. The van der Waals surface area contributed by atoms with E-state index in [0.29, 0.717) is 22.4 Å². The smallest absolute Gasteiger partial charge is 0.338 e. The summed E-state index contributed by atoms with van der Waals surface area (Å²) in [6, 6.07) is 17.7. The Kier molecular flexibility index (Phi) is 8.20. The largest absolute Gasteiger partial charge is 0.488 e. The summed E-state index contributed by atoms with van der Waals surface area (Å²) >= 11 is 6.96. The summed E-state index contributed by atoms with van der Waals surface area (Å²) in [5, 5.41) is 2.18. The zero-order valence-corrected chi connectivity index (χ0v) is 22.7. The number of urea groups is 1. The fourth-order valence-electron chi connectivity index (χ4n) is 3.51. The van der Waals surface area contributed by atoms with Crippen molar-refractivity contribution in [1.82, 2.24) is 5.32 Å². The first-order valence-corrected chi connectivity index (χ1v) is 12.7. The van der Waals surface area contributed by atoms with E-state index in [0.717, 1.165) is 14.9 Å². The highest BCUT2D eigenvalue weighted by Gasteiger charge is 2.36. The molecule has 8 nitrogen and oxygen atoms in total. The number of rotatable bonds is 7. The number of amides is 4. The lowest BCUT2D eigenvalue weighted by molar-refractivity contribution is -0.122. The summed E-state index contributed by atoms with van der Waals surface area (Å²) in [5.41, 5.74) is 1.78. The zero-order chi connectivity index (χ0) is 26.5. The summed E-state index contributed by atoms with van der Waals surface area (Å²) in [5.74, 6) is -1.53. The van der Waals surface area contributed by atoms with Gasteiger partial charge in [-0.25, -0.2) is 14.5 Å². The molecule has 4 amide bonds. The molecule has 0 atom stereocenters. The van der Waals surface area contributed by atoms with Crippen LogP contribution in [0.1, 0.15) is 28.4 Å². The lowest BCUT2D eigenvalue weighted by atomic mass is 10.1. The fourth-order valence-corrected chi connectivity index (χ4v) is 4.42. The lowest BCUT2D eigenvalue weighted by Crippen LogP contribution is -2.54. The van der Waals surface area contributed by atoms with E-state index in [4.69, 9.17) is 9.47 Å². The Bertz CT molecular complexity index is 1420. The quantitative estimate of drug-likeness (QED) is 0.207. The average Bonchev–Trinajstić information content (AvgIpc) is 2.87. The monoisotopic (exact) mass is 626 g/mol. The number of nitrogens with zero attached hydrogens (tertiary/aromatic N) is 1. The third-order valence-electron chi connectivity index (χ3n) is 5.35. The number of halogens is 2. The van der Waals surface area contributed by atoms with E-state index < -0.39 is 23.8 Å². The molecule has 3 aromatic carbocycles. The molecule has 0 spiro atoms. The topological polar surface area (TPSA) is 102 Å². The van der Waals surface area contributed by atoms with Crippen molar-refractivity contribution in [1.29, 1.82) is 0 Å². The molecular weight excluding hydrogens is 608 g/mol. The standard InChI is InChI=1S/C27H20Br2N2O6/c1-2-36-26(34)17-8-10-19(11-9-17)31-25(33)20(24(32)30-27(31)35)13-16-7-12-23(22(29)14-16)37-15-18-5-3-4-6-21(18)28/h3-14H,2,15H2,1H3,(H,30,32,35)/b20-13+.